The maximum absolute atomic E-state index is 12.7. The van der Waals surface area contributed by atoms with Crippen LogP contribution in [-0.2, 0) is 20.9 Å². The van der Waals surface area contributed by atoms with Crippen molar-refractivity contribution >= 4 is 17.5 Å². The standard InChI is InChI=1S/C23H28N2O6/c1-28-10-11-31-18-6-4-16(5-7-18)14-24-23(27)17-12-22(26)25(15-17)20-13-19(29-2)8-9-21(20)30-3/h4-9,13,17H,10-12,14-15H2,1-3H3,(H,24,27). The first kappa shape index (κ1) is 22.4. The summed E-state index contributed by atoms with van der Waals surface area (Å²) < 4.78 is 21.1. The molecule has 0 aliphatic carbocycles. The van der Waals surface area contributed by atoms with Crippen molar-refractivity contribution in [3.05, 3.63) is 48.0 Å². The van der Waals surface area contributed by atoms with Gasteiger partial charge in [0.25, 0.3) is 0 Å². The van der Waals surface area contributed by atoms with Gasteiger partial charge in [-0.05, 0) is 29.8 Å². The minimum Gasteiger partial charge on any atom is -0.497 e. The molecule has 1 N–H and O–H groups in total. The molecule has 1 heterocycles. The normalized spacial score (nSPS) is 15.6. The van der Waals surface area contributed by atoms with E-state index in [4.69, 9.17) is 18.9 Å². The molecule has 1 fully saturated rings. The molecule has 1 aliphatic heterocycles. The number of rotatable bonds is 10. The van der Waals surface area contributed by atoms with Crippen LogP contribution in [0.5, 0.6) is 17.2 Å². The molecule has 8 nitrogen and oxygen atoms in total. The first-order chi connectivity index (χ1) is 15.0. The van der Waals surface area contributed by atoms with E-state index in [1.165, 1.54) is 0 Å². The van der Waals surface area contributed by atoms with Gasteiger partial charge in [-0.3, -0.25) is 9.59 Å². The Bertz CT molecular complexity index is 899. The van der Waals surface area contributed by atoms with E-state index in [1.807, 2.05) is 24.3 Å². The lowest BCUT2D eigenvalue weighted by atomic mass is 10.1. The summed E-state index contributed by atoms with van der Waals surface area (Å²) in [5.74, 6) is 1.22. The van der Waals surface area contributed by atoms with Crippen molar-refractivity contribution in [1.82, 2.24) is 5.32 Å². The van der Waals surface area contributed by atoms with Crippen molar-refractivity contribution in [1.29, 1.82) is 0 Å². The number of nitrogens with zero attached hydrogens (tertiary/aromatic N) is 1. The zero-order valence-electron chi connectivity index (χ0n) is 18.1. The van der Waals surface area contributed by atoms with Crippen LogP contribution in [0.4, 0.5) is 5.69 Å². The summed E-state index contributed by atoms with van der Waals surface area (Å²) in [7, 11) is 4.73. The number of nitrogens with one attached hydrogen (secondary N) is 1. The highest BCUT2D eigenvalue weighted by Gasteiger charge is 2.36. The second-order valence-electron chi connectivity index (χ2n) is 7.15. The predicted octanol–water partition coefficient (Wildman–Crippen LogP) is 2.40. The first-order valence-electron chi connectivity index (χ1n) is 10.1. The van der Waals surface area contributed by atoms with Crippen molar-refractivity contribution in [2.24, 2.45) is 5.92 Å². The van der Waals surface area contributed by atoms with Crippen LogP contribution in [0.3, 0.4) is 0 Å². The Kier molecular flexibility index (Phi) is 7.72. The third-order valence-electron chi connectivity index (χ3n) is 5.12. The quantitative estimate of drug-likeness (QED) is 0.585. The molecule has 2 aromatic carbocycles. The molecule has 1 atom stereocenters. The van der Waals surface area contributed by atoms with E-state index in [1.54, 1.807) is 44.4 Å². The molecule has 1 unspecified atom stereocenters. The first-order valence-corrected chi connectivity index (χ1v) is 10.1. The predicted molar refractivity (Wildman–Crippen MR) is 116 cm³/mol. The number of anilines is 1. The van der Waals surface area contributed by atoms with Crippen LogP contribution in [-0.4, -0.2) is 52.9 Å². The molecule has 1 aliphatic rings. The van der Waals surface area contributed by atoms with Gasteiger partial charge < -0.3 is 29.2 Å². The minimum atomic E-state index is -0.431. The van der Waals surface area contributed by atoms with Gasteiger partial charge in [0.1, 0.15) is 23.9 Å². The highest BCUT2D eigenvalue weighted by atomic mass is 16.5. The van der Waals surface area contributed by atoms with E-state index < -0.39 is 5.92 Å². The van der Waals surface area contributed by atoms with Crippen LogP contribution >= 0.6 is 0 Å². The lowest BCUT2D eigenvalue weighted by Crippen LogP contribution is -2.32. The van der Waals surface area contributed by atoms with E-state index in [0.717, 1.165) is 11.3 Å². The van der Waals surface area contributed by atoms with Gasteiger partial charge in [-0.2, -0.15) is 0 Å². The van der Waals surface area contributed by atoms with Crippen LogP contribution in [0.25, 0.3) is 0 Å². The largest absolute Gasteiger partial charge is 0.497 e. The summed E-state index contributed by atoms with van der Waals surface area (Å²) in [6.07, 6.45) is 0.151. The third-order valence-corrected chi connectivity index (χ3v) is 5.12. The highest BCUT2D eigenvalue weighted by molar-refractivity contribution is 6.01. The van der Waals surface area contributed by atoms with Gasteiger partial charge in [-0.25, -0.2) is 0 Å². The Hall–Kier alpha value is -3.26. The Balaban J connectivity index is 1.57. The van der Waals surface area contributed by atoms with Gasteiger partial charge in [0, 0.05) is 32.7 Å². The average molecular weight is 428 g/mol. The second kappa shape index (κ2) is 10.7. The molecule has 0 bridgehead atoms. The zero-order valence-corrected chi connectivity index (χ0v) is 18.1. The summed E-state index contributed by atoms with van der Waals surface area (Å²) in [5.41, 5.74) is 1.55. The number of ether oxygens (including phenoxy) is 4. The molecule has 0 spiro atoms. The van der Waals surface area contributed by atoms with Crippen molar-refractivity contribution in [2.75, 3.05) is 46.0 Å². The lowest BCUT2D eigenvalue weighted by molar-refractivity contribution is -0.126. The Morgan fingerprint density at radius 1 is 1.03 bits per heavy atom. The number of methoxy groups -OCH3 is 3. The molecule has 2 amide bonds. The third kappa shape index (κ3) is 5.67. The summed E-state index contributed by atoms with van der Waals surface area (Å²) in [6.45, 7) is 1.68. The number of carbonyl (C=O) groups is 2. The molecule has 0 aromatic heterocycles. The maximum Gasteiger partial charge on any atom is 0.227 e. The zero-order chi connectivity index (χ0) is 22.2. The summed E-state index contributed by atoms with van der Waals surface area (Å²) >= 11 is 0. The number of hydrogen-bond acceptors (Lipinski definition) is 6. The van der Waals surface area contributed by atoms with Crippen molar-refractivity contribution in [3.63, 3.8) is 0 Å². The molecule has 0 saturated carbocycles. The van der Waals surface area contributed by atoms with Gasteiger partial charge in [-0.15, -0.1) is 0 Å². The van der Waals surface area contributed by atoms with Gasteiger partial charge in [0.05, 0.1) is 32.4 Å². The van der Waals surface area contributed by atoms with Crippen molar-refractivity contribution in [3.8, 4) is 17.2 Å². The molecular formula is C23H28N2O6. The molecule has 3 rings (SSSR count). The van der Waals surface area contributed by atoms with E-state index in [2.05, 4.69) is 5.32 Å². The topological polar surface area (TPSA) is 86.3 Å². The summed E-state index contributed by atoms with van der Waals surface area (Å²) in [6, 6.07) is 12.8. The summed E-state index contributed by atoms with van der Waals surface area (Å²) in [4.78, 5) is 26.9. The van der Waals surface area contributed by atoms with Crippen LogP contribution < -0.4 is 24.4 Å². The van der Waals surface area contributed by atoms with Crippen LogP contribution in [0.2, 0.25) is 0 Å². The monoisotopic (exact) mass is 428 g/mol. The molecule has 0 radical (unpaired) electrons. The van der Waals surface area contributed by atoms with Gasteiger partial charge in [0.2, 0.25) is 11.8 Å². The number of amides is 2. The number of carbonyl (C=O) groups excluding carboxylic acids is 2. The van der Waals surface area contributed by atoms with Crippen molar-refractivity contribution in [2.45, 2.75) is 13.0 Å². The maximum atomic E-state index is 12.7. The molecule has 166 valence electrons. The van der Waals surface area contributed by atoms with E-state index >= 15 is 0 Å². The highest BCUT2D eigenvalue weighted by Crippen LogP contribution is 2.36. The van der Waals surface area contributed by atoms with Gasteiger partial charge in [-0.1, -0.05) is 12.1 Å². The number of benzene rings is 2. The molecular weight excluding hydrogens is 400 g/mol. The molecule has 1 saturated heterocycles. The summed E-state index contributed by atoms with van der Waals surface area (Å²) in [5, 5.41) is 2.92. The molecule has 8 heteroatoms. The van der Waals surface area contributed by atoms with E-state index in [0.29, 0.717) is 43.5 Å². The van der Waals surface area contributed by atoms with Gasteiger partial charge in [0.15, 0.2) is 0 Å². The van der Waals surface area contributed by atoms with Crippen molar-refractivity contribution < 1.29 is 28.5 Å². The molecule has 2 aromatic rings. The van der Waals surface area contributed by atoms with Crippen LogP contribution in [0.1, 0.15) is 12.0 Å². The Labute approximate surface area is 182 Å². The van der Waals surface area contributed by atoms with Gasteiger partial charge >= 0.3 is 0 Å². The lowest BCUT2D eigenvalue weighted by Gasteiger charge is -2.20. The average Bonchev–Trinajstić information content (AvgIpc) is 3.19. The fourth-order valence-electron chi connectivity index (χ4n) is 3.40. The van der Waals surface area contributed by atoms with Crippen LogP contribution in [0.15, 0.2) is 42.5 Å². The smallest absolute Gasteiger partial charge is 0.227 e. The fourth-order valence-corrected chi connectivity index (χ4v) is 3.40. The van der Waals surface area contributed by atoms with E-state index in [-0.39, 0.29) is 18.2 Å². The second-order valence-corrected chi connectivity index (χ2v) is 7.15. The fraction of sp³-hybridized carbons (Fsp3) is 0.391. The van der Waals surface area contributed by atoms with Crippen LogP contribution in [0, 0.1) is 5.92 Å². The molecule has 31 heavy (non-hydrogen) atoms. The number of hydrogen-bond donors (Lipinski definition) is 1. The minimum absolute atomic E-state index is 0.121. The Morgan fingerprint density at radius 2 is 1.77 bits per heavy atom. The SMILES string of the molecule is COCCOc1ccc(CNC(=O)C2CC(=O)N(c3cc(OC)ccc3OC)C2)cc1. The Morgan fingerprint density at radius 3 is 2.45 bits per heavy atom. The van der Waals surface area contributed by atoms with E-state index in [9.17, 15) is 9.59 Å².